The van der Waals surface area contributed by atoms with Crippen LogP contribution in [0, 0.1) is 18.3 Å². The van der Waals surface area contributed by atoms with Crippen molar-refractivity contribution in [2.75, 3.05) is 0 Å². The molecule has 0 atom stereocenters. The molecule has 2 aromatic heterocycles. The third-order valence-corrected chi connectivity index (χ3v) is 9.52. The first-order valence-corrected chi connectivity index (χ1v) is 15.9. The highest BCUT2D eigenvalue weighted by atomic mass is 15.0. The summed E-state index contributed by atoms with van der Waals surface area (Å²) in [5.41, 5.74) is 13.0. The van der Waals surface area contributed by atoms with Crippen LogP contribution in [0.3, 0.4) is 0 Å². The summed E-state index contributed by atoms with van der Waals surface area (Å²) in [6.45, 7) is 2.18. The lowest BCUT2D eigenvalue weighted by atomic mass is 9.94. The SMILES string of the molecule is Cc1cccc2c1c1ccccc1n2-c1ccccc1-c1ccc(C#N)c(-c2ccc(-n3c4ccccc4c4ccccc43)cc2)c1. The lowest BCUT2D eigenvalue weighted by Gasteiger charge is -2.16. The van der Waals surface area contributed by atoms with Gasteiger partial charge < -0.3 is 9.13 Å². The van der Waals surface area contributed by atoms with Gasteiger partial charge in [0.1, 0.15) is 0 Å². The van der Waals surface area contributed by atoms with Crippen molar-refractivity contribution < 1.29 is 0 Å². The molecule has 3 heteroatoms. The second kappa shape index (κ2) is 10.6. The van der Waals surface area contributed by atoms with Crippen molar-refractivity contribution in [2.45, 2.75) is 6.92 Å². The number of hydrogen-bond acceptors (Lipinski definition) is 1. The lowest BCUT2D eigenvalue weighted by molar-refractivity contribution is 1.18. The first-order chi connectivity index (χ1) is 23.2. The summed E-state index contributed by atoms with van der Waals surface area (Å²) in [5, 5.41) is 15.2. The molecular weight excluding hydrogens is 571 g/mol. The van der Waals surface area contributed by atoms with E-state index in [4.69, 9.17) is 0 Å². The Bertz CT molecular complexity index is 2640. The van der Waals surface area contributed by atoms with Gasteiger partial charge in [-0.1, -0.05) is 103 Å². The van der Waals surface area contributed by atoms with Crippen molar-refractivity contribution in [1.82, 2.24) is 9.13 Å². The second-order valence-corrected chi connectivity index (χ2v) is 12.1. The minimum Gasteiger partial charge on any atom is -0.309 e. The molecule has 0 fully saturated rings. The fourth-order valence-corrected chi connectivity index (χ4v) is 7.41. The Labute approximate surface area is 272 Å². The predicted octanol–water partition coefficient (Wildman–Crippen LogP) is 11.4. The average Bonchev–Trinajstić information content (AvgIpc) is 3.65. The van der Waals surface area contributed by atoms with Crippen molar-refractivity contribution in [1.29, 1.82) is 5.26 Å². The number of nitrogens with zero attached hydrogens (tertiary/aromatic N) is 3. The number of para-hydroxylation sites is 4. The third kappa shape index (κ3) is 4.13. The number of aryl methyl sites for hydroxylation is 1. The number of rotatable bonds is 4. The molecule has 0 saturated heterocycles. The van der Waals surface area contributed by atoms with Crippen LogP contribution >= 0.6 is 0 Å². The third-order valence-electron chi connectivity index (χ3n) is 9.52. The Hall–Kier alpha value is -6.37. The van der Waals surface area contributed by atoms with Crippen molar-refractivity contribution in [3.8, 4) is 39.7 Å². The summed E-state index contributed by atoms with van der Waals surface area (Å²) < 4.78 is 4.70. The molecule has 47 heavy (non-hydrogen) atoms. The van der Waals surface area contributed by atoms with E-state index in [0.29, 0.717) is 5.56 Å². The van der Waals surface area contributed by atoms with E-state index in [1.165, 1.54) is 49.2 Å². The molecular formula is C44H29N3. The zero-order chi connectivity index (χ0) is 31.5. The van der Waals surface area contributed by atoms with Crippen LogP contribution in [0.25, 0.3) is 77.2 Å². The van der Waals surface area contributed by atoms with Gasteiger partial charge in [-0.25, -0.2) is 0 Å². The molecule has 9 rings (SSSR count). The van der Waals surface area contributed by atoms with E-state index in [1.807, 2.05) is 6.07 Å². The summed E-state index contributed by atoms with van der Waals surface area (Å²) in [6, 6.07) is 58.1. The maximum atomic E-state index is 10.2. The molecule has 0 amide bonds. The van der Waals surface area contributed by atoms with Gasteiger partial charge in [-0.3, -0.25) is 0 Å². The molecule has 0 saturated carbocycles. The van der Waals surface area contributed by atoms with Crippen LogP contribution in [-0.4, -0.2) is 9.13 Å². The molecule has 0 aliphatic heterocycles. The van der Waals surface area contributed by atoms with Crippen LogP contribution < -0.4 is 0 Å². The molecule has 0 N–H and O–H groups in total. The Morgan fingerprint density at radius 3 is 1.74 bits per heavy atom. The van der Waals surface area contributed by atoms with E-state index in [1.54, 1.807) is 0 Å². The second-order valence-electron chi connectivity index (χ2n) is 12.1. The molecule has 7 aromatic carbocycles. The number of aromatic nitrogens is 2. The molecule has 0 aliphatic carbocycles. The normalized spacial score (nSPS) is 11.5. The minimum atomic E-state index is 0.656. The molecule has 0 aliphatic rings. The van der Waals surface area contributed by atoms with E-state index in [-0.39, 0.29) is 0 Å². The summed E-state index contributed by atoms with van der Waals surface area (Å²) in [4.78, 5) is 0. The van der Waals surface area contributed by atoms with Crippen LogP contribution in [0.2, 0.25) is 0 Å². The van der Waals surface area contributed by atoms with Gasteiger partial charge in [-0.05, 0) is 78.2 Å². The first-order valence-electron chi connectivity index (χ1n) is 15.9. The molecule has 0 unspecified atom stereocenters. The molecule has 0 spiro atoms. The van der Waals surface area contributed by atoms with Crippen molar-refractivity contribution in [3.63, 3.8) is 0 Å². The lowest BCUT2D eigenvalue weighted by Crippen LogP contribution is -1.98. The topological polar surface area (TPSA) is 33.6 Å². The van der Waals surface area contributed by atoms with Crippen molar-refractivity contribution >= 4 is 43.6 Å². The van der Waals surface area contributed by atoms with Gasteiger partial charge in [0.15, 0.2) is 0 Å². The van der Waals surface area contributed by atoms with Crippen molar-refractivity contribution in [2.24, 2.45) is 0 Å². The number of fused-ring (bicyclic) bond motifs is 6. The van der Waals surface area contributed by atoms with Crippen LogP contribution in [-0.2, 0) is 0 Å². The van der Waals surface area contributed by atoms with E-state index in [0.717, 1.165) is 33.6 Å². The van der Waals surface area contributed by atoms with E-state index in [2.05, 4.69) is 174 Å². The highest BCUT2D eigenvalue weighted by Crippen LogP contribution is 2.39. The highest BCUT2D eigenvalue weighted by Gasteiger charge is 2.18. The van der Waals surface area contributed by atoms with Crippen LogP contribution in [0.15, 0.2) is 158 Å². The molecule has 0 radical (unpaired) electrons. The highest BCUT2D eigenvalue weighted by molar-refractivity contribution is 6.11. The van der Waals surface area contributed by atoms with E-state index < -0.39 is 0 Å². The quantitative estimate of drug-likeness (QED) is 0.198. The van der Waals surface area contributed by atoms with Gasteiger partial charge >= 0.3 is 0 Å². The maximum absolute atomic E-state index is 10.2. The largest absolute Gasteiger partial charge is 0.309 e. The average molecular weight is 600 g/mol. The van der Waals surface area contributed by atoms with Crippen LogP contribution in [0.4, 0.5) is 0 Å². The molecule has 2 heterocycles. The monoisotopic (exact) mass is 599 g/mol. The van der Waals surface area contributed by atoms with Crippen molar-refractivity contribution in [3.05, 3.63) is 169 Å². The molecule has 9 aromatic rings. The van der Waals surface area contributed by atoms with Gasteiger partial charge in [0.2, 0.25) is 0 Å². The van der Waals surface area contributed by atoms with Crippen LogP contribution in [0.1, 0.15) is 11.1 Å². The summed E-state index contributed by atoms with van der Waals surface area (Å²) >= 11 is 0. The van der Waals surface area contributed by atoms with Gasteiger partial charge in [-0.2, -0.15) is 5.26 Å². The van der Waals surface area contributed by atoms with Crippen LogP contribution in [0.5, 0.6) is 0 Å². The zero-order valence-corrected chi connectivity index (χ0v) is 25.9. The summed E-state index contributed by atoms with van der Waals surface area (Å²) in [5.74, 6) is 0. The standard InChI is InChI=1S/C44H29N3/c1-29-11-10-20-43-44(29)37-15-5-9-19-42(37)47(43)39-16-6-2-12-34(39)31-21-22-32(28-45)38(27-31)30-23-25-33(26-24-30)46-40-17-7-3-13-35(40)36-14-4-8-18-41(36)46/h2-27H,1H3. The Balaban J connectivity index is 1.19. The smallest absolute Gasteiger partial charge is 0.0998 e. The van der Waals surface area contributed by atoms with Gasteiger partial charge in [0, 0.05) is 38.4 Å². The Kier molecular flexibility index (Phi) is 6.10. The fourth-order valence-electron chi connectivity index (χ4n) is 7.41. The minimum absolute atomic E-state index is 0.656. The fraction of sp³-hybridized carbons (Fsp3) is 0.0227. The molecule has 220 valence electrons. The number of nitriles is 1. The van der Waals surface area contributed by atoms with E-state index >= 15 is 0 Å². The number of hydrogen-bond donors (Lipinski definition) is 0. The van der Waals surface area contributed by atoms with Gasteiger partial charge in [0.05, 0.1) is 39.4 Å². The van der Waals surface area contributed by atoms with E-state index in [9.17, 15) is 5.26 Å². The van der Waals surface area contributed by atoms with Gasteiger partial charge in [-0.15, -0.1) is 0 Å². The maximum Gasteiger partial charge on any atom is 0.0998 e. The Morgan fingerprint density at radius 1 is 0.468 bits per heavy atom. The number of benzene rings is 7. The molecule has 0 bridgehead atoms. The summed E-state index contributed by atoms with van der Waals surface area (Å²) in [6.07, 6.45) is 0. The zero-order valence-electron chi connectivity index (χ0n) is 25.9. The first kappa shape index (κ1) is 27.0. The Morgan fingerprint density at radius 2 is 1.04 bits per heavy atom. The molecule has 3 nitrogen and oxygen atoms in total. The summed E-state index contributed by atoms with van der Waals surface area (Å²) in [7, 11) is 0. The van der Waals surface area contributed by atoms with Gasteiger partial charge in [0.25, 0.3) is 0 Å². The predicted molar refractivity (Wildman–Crippen MR) is 195 cm³/mol.